The summed E-state index contributed by atoms with van der Waals surface area (Å²) in [5, 5.41) is 3.57. The lowest BCUT2D eigenvalue weighted by Gasteiger charge is -2.31. The normalized spacial score (nSPS) is 22.1. The van der Waals surface area contributed by atoms with Crippen molar-refractivity contribution in [1.82, 2.24) is 10.2 Å². The van der Waals surface area contributed by atoms with Crippen molar-refractivity contribution in [3.05, 3.63) is 34.9 Å². The van der Waals surface area contributed by atoms with Gasteiger partial charge in [0.15, 0.2) is 0 Å². The highest BCUT2D eigenvalue weighted by Crippen LogP contribution is 2.30. The van der Waals surface area contributed by atoms with Gasteiger partial charge in [-0.25, -0.2) is 0 Å². The first kappa shape index (κ1) is 14.6. The van der Waals surface area contributed by atoms with Gasteiger partial charge in [-0.1, -0.05) is 24.6 Å². The van der Waals surface area contributed by atoms with Gasteiger partial charge in [0.05, 0.1) is 0 Å². The Morgan fingerprint density at radius 2 is 1.90 bits per heavy atom. The highest BCUT2D eigenvalue weighted by molar-refractivity contribution is 5.97. The van der Waals surface area contributed by atoms with Gasteiger partial charge < -0.3 is 10.2 Å². The van der Waals surface area contributed by atoms with Crippen molar-refractivity contribution in [2.45, 2.75) is 58.0 Å². The molecule has 1 atom stereocenters. The minimum absolute atomic E-state index is 0.237. The van der Waals surface area contributed by atoms with Crippen LogP contribution in [0.3, 0.4) is 0 Å². The molecule has 114 valence electrons. The zero-order valence-electron chi connectivity index (χ0n) is 13.2. The summed E-state index contributed by atoms with van der Waals surface area (Å²) < 4.78 is 0. The molecule has 3 heteroatoms. The quantitative estimate of drug-likeness (QED) is 0.922. The molecule has 1 N–H and O–H groups in total. The number of piperidine rings is 1. The number of nitrogens with zero attached hydrogens (tertiary/aromatic N) is 1. The largest absolute Gasteiger partial charge is 0.334 e. The maximum Gasteiger partial charge on any atom is 0.254 e. The van der Waals surface area contributed by atoms with Crippen molar-refractivity contribution in [2.75, 3.05) is 13.1 Å². The van der Waals surface area contributed by atoms with E-state index in [1.54, 1.807) is 0 Å². The SMILES string of the molecule is Cc1cccc(C)c1C(=O)N(CC1CCCCN1)C1CC1. The minimum atomic E-state index is 0.237. The average Bonchev–Trinajstić information content (AvgIpc) is 3.30. The van der Waals surface area contributed by atoms with Crippen LogP contribution in [0, 0.1) is 13.8 Å². The van der Waals surface area contributed by atoms with Crippen LogP contribution in [0.5, 0.6) is 0 Å². The van der Waals surface area contributed by atoms with E-state index in [0.717, 1.165) is 29.8 Å². The Morgan fingerprint density at radius 3 is 2.48 bits per heavy atom. The molecule has 1 aromatic carbocycles. The van der Waals surface area contributed by atoms with Crippen LogP contribution in [0.15, 0.2) is 18.2 Å². The summed E-state index contributed by atoms with van der Waals surface area (Å²) in [6, 6.07) is 7.08. The lowest BCUT2D eigenvalue weighted by molar-refractivity contribution is 0.0716. The Labute approximate surface area is 127 Å². The van der Waals surface area contributed by atoms with Crippen LogP contribution in [0.25, 0.3) is 0 Å². The zero-order valence-corrected chi connectivity index (χ0v) is 13.2. The Kier molecular flexibility index (Phi) is 4.29. The van der Waals surface area contributed by atoms with E-state index >= 15 is 0 Å². The molecule has 1 amide bonds. The zero-order chi connectivity index (χ0) is 14.8. The number of carbonyl (C=O) groups excluding carboxylic acids is 1. The van der Waals surface area contributed by atoms with Crippen LogP contribution in [0.1, 0.15) is 53.6 Å². The summed E-state index contributed by atoms with van der Waals surface area (Å²) in [4.78, 5) is 15.2. The Hall–Kier alpha value is -1.35. The average molecular weight is 286 g/mol. The van der Waals surface area contributed by atoms with E-state index in [9.17, 15) is 4.79 Å². The molecular formula is C18H26N2O. The van der Waals surface area contributed by atoms with E-state index in [0.29, 0.717) is 12.1 Å². The Balaban J connectivity index is 1.78. The third-order valence-corrected chi connectivity index (χ3v) is 4.77. The molecule has 3 nitrogen and oxygen atoms in total. The molecule has 1 aliphatic heterocycles. The summed E-state index contributed by atoms with van der Waals surface area (Å²) in [6.45, 7) is 6.06. The van der Waals surface area contributed by atoms with E-state index < -0.39 is 0 Å². The Bertz CT molecular complexity index is 496. The van der Waals surface area contributed by atoms with Crippen LogP contribution in [0.2, 0.25) is 0 Å². The second-order valence-corrected chi connectivity index (χ2v) is 6.60. The van der Waals surface area contributed by atoms with E-state index in [2.05, 4.69) is 10.2 Å². The van der Waals surface area contributed by atoms with Crippen LogP contribution < -0.4 is 5.32 Å². The monoisotopic (exact) mass is 286 g/mol. The van der Waals surface area contributed by atoms with E-state index in [1.807, 2.05) is 32.0 Å². The molecule has 0 aromatic heterocycles. The highest BCUT2D eigenvalue weighted by atomic mass is 16.2. The van der Waals surface area contributed by atoms with Crippen molar-refractivity contribution >= 4 is 5.91 Å². The molecule has 0 bridgehead atoms. The number of hydrogen-bond donors (Lipinski definition) is 1. The van der Waals surface area contributed by atoms with Crippen molar-refractivity contribution in [1.29, 1.82) is 0 Å². The van der Waals surface area contributed by atoms with Gasteiger partial charge in [0.25, 0.3) is 5.91 Å². The van der Waals surface area contributed by atoms with Crippen LogP contribution in [0.4, 0.5) is 0 Å². The summed E-state index contributed by atoms with van der Waals surface area (Å²) >= 11 is 0. The molecule has 2 fully saturated rings. The predicted molar refractivity (Wildman–Crippen MR) is 85.6 cm³/mol. The molecule has 1 aromatic rings. The maximum absolute atomic E-state index is 13.0. The van der Waals surface area contributed by atoms with Gasteiger partial charge in [0, 0.05) is 24.2 Å². The molecule has 3 rings (SSSR count). The van der Waals surface area contributed by atoms with Gasteiger partial charge in [0.2, 0.25) is 0 Å². The lowest BCUT2D eigenvalue weighted by atomic mass is 10.00. The number of amides is 1. The molecule has 1 saturated carbocycles. The lowest BCUT2D eigenvalue weighted by Crippen LogP contribution is -2.47. The highest BCUT2D eigenvalue weighted by Gasteiger charge is 2.35. The Morgan fingerprint density at radius 1 is 1.19 bits per heavy atom. The van der Waals surface area contributed by atoms with Crippen LogP contribution >= 0.6 is 0 Å². The van der Waals surface area contributed by atoms with Gasteiger partial charge in [-0.15, -0.1) is 0 Å². The number of nitrogens with one attached hydrogen (secondary N) is 1. The van der Waals surface area contributed by atoms with Gasteiger partial charge in [-0.3, -0.25) is 4.79 Å². The molecule has 2 aliphatic rings. The van der Waals surface area contributed by atoms with Gasteiger partial charge in [0.1, 0.15) is 0 Å². The first-order chi connectivity index (χ1) is 10.2. The summed E-state index contributed by atoms with van der Waals surface area (Å²) in [6.07, 6.45) is 6.09. The van der Waals surface area contributed by atoms with Gasteiger partial charge >= 0.3 is 0 Å². The molecular weight excluding hydrogens is 260 g/mol. The standard InChI is InChI=1S/C18H26N2O/c1-13-6-5-7-14(2)17(13)18(21)20(16-9-10-16)12-15-8-3-4-11-19-15/h5-7,15-16,19H,3-4,8-12H2,1-2H3. The topological polar surface area (TPSA) is 32.3 Å². The molecule has 21 heavy (non-hydrogen) atoms. The predicted octanol–water partition coefficient (Wildman–Crippen LogP) is 3.05. The molecule has 1 heterocycles. The second kappa shape index (κ2) is 6.18. The van der Waals surface area contributed by atoms with E-state index in [4.69, 9.17) is 0 Å². The summed E-state index contributed by atoms with van der Waals surface area (Å²) in [7, 11) is 0. The fourth-order valence-corrected chi connectivity index (χ4v) is 3.40. The third kappa shape index (κ3) is 3.29. The van der Waals surface area contributed by atoms with Crippen LogP contribution in [-0.4, -0.2) is 36.0 Å². The molecule has 0 radical (unpaired) electrons. The van der Waals surface area contributed by atoms with Crippen LogP contribution in [-0.2, 0) is 0 Å². The fraction of sp³-hybridized carbons (Fsp3) is 0.611. The van der Waals surface area contributed by atoms with Gasteiger partial charge in [-0.2, -0.15) is 0 Å². The van der Waals surface area contributed by atoms with Crippen molar-refractivity contribution in [3.8, 4) is 0 Å². The number of hydrogen-bond acceptors (Lipinski definition) is 2. The first-order valence-electron chi connectivity index (χ1n) is 8.27. The van der Waals surface area contributed by atoms with E-state index in [-0.39, 0.29) is 5.91 Å². The smallest absolute Gasteiger partial charge is 0.254 e. The third-order valence-electron chi connectivity index (χ3n) is 4.77. The van der Waals surface area contributed by atoms with Crippen molar-refractivity contribution < 1.29 is 4.79 Å². The molecule has 1 aliphatic carbocycles. The van der Waals surface area contributed by atoms with E-state index in [1.165, 1.54) is 32.1 Å². The minimum Gasteiger partial charge on any atom is -0.334 e. The number of rotatable bonds is 4. The summed E-state index contributed by atoms with van der Waals surface area (Å²) in [5.74, 6) is 0.237. The van der Waals surface area contributed by atoms with Crippen molar-refractivity contribution in [3.63, 3.8) is 0 Å². The number of aryl methyl sites for hydroxylation is 2. The maximum atomic E-state index is 13.0. The fourth-order valence-electron chi connectivity index (χ4n) is 3.40. The molecule has 1 unspecified atom stereocenters. The number of benzene rings is 1. The van der Waals surface area contributed by atoms with Gasteiger partial charge in [-0.05, 0) is 57.2 Å². The second-order valence-electron chi connectivity index (χ2n) is 6.60. The number of carbonyl (C=O) groups is 1. The molecule has 0 spiro atoms. The van der Waals surface area contributed by atoms with Crippen molar-refractivity contribution in [2.24, 2.45) is 0 Å². The molecule has 1 saturated heterocycles. The first-order valence-corrected chi connectivity index (χ1v) is 8.27. The summed E-state index contributed by atoms with van der Waals surface area (Å²) in [5.41, 5.74) is 3.12.